The average Bonchev–Trinajstić information content (AvgIpc) is 3.43. The number of furan rings is 1. The van der Waals surface area contributed by atoms with Crippen LogP contribution in [0, 0.1) is 6.92 Å². The molecule has 6 nitrogen and oxygen atoms in total. The summed E-state index contributed by atoms with van der Waals surface area (Å²) in [6.07, 6.45) is 2.83. The van der Waals surface area contributed by atoms with Crippen LogP contribution in [0.25, 0.3) is 11.5 Å². The number of amides is 1. The van der Waals surface area contributed by atoms with Gasteiger partial charge in [-0.2, -0.15) is 0 Å². The molecule has 140 valence electrons. The van der Waals surface area contributed by atoms with Crippen molar-refractivity contribution >= 4 is 5.91 Å². The van der Waals surface area contributed by atoms with Crippen LogP contribution in [0.4, 0.5) is 0 Å². The first-order chi connectivity index (χ1) is 13.2. The summed E-state index contributed by atoms with van der Waals surface area (Å²) in [5.74, 6) is 3.10. The highest BCUT2D eigenvalue weighted by atomic mass is 16.5. The van der Waals surface area contributed by atoms with E-state index < -0.39 is 0 Å². The van der Waals surface area contributed by atoms with Crippen molar-refractivity contribution in [2.24, 2.45) is 0 Å². The van der Waals surface area contributed by atoms with E-state index in [2.05, 4.69) is 4.98 Å². The van der Waals surface area contributed by atoms with E-state index in [1.54, 1.807) is 13.4 Å². The highest BCUT2D eigenvalue weighted by Crippen LogP contribution is 2.31. The number of aryl methyl sites for hydroxylation is 1. The van der Waals surface area contributed by atoms with Gasteiger partial charge in [0.05, 0.1) is 31.1 Å². The summed E-state index contributed by atoms with van der Waals surface area (Å²) >= 11 is 0. The van der Waals surface area contributed by atoms with Crippen molar-refractivity contribution in [2.75, 3.05) is 20.2 Å². The SMILES string of the molecule is COc1ccccc1-c1nc(CC(=O)N2CCC(c3ccco3)C2)c(C)o1. The number of hydrogen-bond donors (Lipinski definition) is 0. The normalized spacial score (nSPS) is 16.7. The Labute approximate surface area is 157 Å². The van der Waals surface area contributed by atoms with E-state index in [4.69, 9.17) is 13.6 Å². The number of ether oxygens (including phenoxy) is 1. The second-order valence-corrected chi connectivity index (χ2v) is 6.74. The van der Waals surface area contributed by atoms with Crippen LogP contribution >= 0.6 is 0 Å². The summed E-state index contributed by atoms with van der Waals surface area (Å²) < 4.78 is 16.7. The number of aromatic nitrogens is 1. The van der Waals surface area contributed by atoms with Crippen LogP contribution in [0.1, 0.15) is 29.6 Å². The van der Waals surface area contributed by atoms with E-state index in [-0.39, 0.29) is 18.2 Å². The molecule has 0 spiro atoms. The first-order valence-corrected chi connectivity index (χ1v) is 9.06. The molecule has 0 saturated carbocycles. The molecular formula is C21H22N2O4. The van der Waals surface area contributed by atoms with Gasteiger partial charge in [-0.25, -0.2) is 4.98 Å². The maximum absolute atomic E-state index is 12.7. The van der Waals surface area contributed by atoms with E-state index in [9.17, 15) is 4.79 Å². The summed E-state index contributed by atoms with van der Waals surface area (Å²) in [6, 6.07) is 11.4. The lowest BCUT2D eigenvalue weighted by Crippen LogP contribution is -2.30. The number of methoxy groups -OCH3 is 1. The van der Waals surface area contributed by atoms with Crippen LogP contribution in [0.3, 0.4) is 0 Å². The van der Waals surface area contributed by atoms with Crippen LogP contribution in [-0.4, -0.2) is 36.0 Å². The lowest BCUT2D eigenvalue weighted by molar-refractivity contribution is -0.129. The second-order valence-electron chi connectivity index (χ2n) is 6.74. The molecule has 1 unspecified atom stereocenters. The molecule has 27 heavy (non-hydrogen) atoms. The Morgan fingerprint density at radius 1 is 1.30 bits per heavy atom. The van der Waals surface area contributed by atoms with Crippen LogP contribution in [-0.2, 0) is 11.2 Å². The molecule has 3 aromatic rings. The highest BCUT2D eigenvalue weighted by Gasteiger charge is 2.29. The zero-order chi connectivity index (χ0) is 18.8. The molecule has 1 saturated heterocycles. The zero-order valence-electron chi connectivity index (χ0n) is 15.5. The molecule has 0 radical (unpaired) electrons. The molecule has 6 heteroatoms. The van der Waals surface area contributed by atoms with Crippen LogP contribution in [0.5, 0.6) is 5.75 Å². The second kappa shape index (κ2) is 7.31. The lowest BCUT2D eigenvalue weighted by Gasteiger charge is -2.15. The van der Waals surface area contributed by atoms with Crippen molar-refractivity contribution < 1.29 is 18.4 Å². The summed E-state index contributed by atoms with van der Waals surface area (Å²) in [5.41, 5.74) is 1.45. The average molecular weight is 366 g/mol. The first-order valence-electron chi connectivity index (χ1n) is 9.06. The van der Waals surface area contributed by atoms with Gasteiger partial charge in [-0.05, 0) is 37.6 Å². The van der Waals surface area contributed by atoms with Gasteiger partial charge < -0.3 is 18.5 Å². The number of rotatable bonds is 5. The van der Waals surface area contributed by atoms with E-state index >= 15 is 0 Å². The van der Waals surface area contributed by atoms with Crippen molar-refractivity contribution in [3.8, 4) is 17.2 Å². The van der Waals surface area contributed by atoms with Gasteiger partial charge in [0.25, 0.3) is 0 Å². The number of carbonyl (C=O) groups excluding carboxylic acids is 1. The molecule has 1 aliphatic heterocycles. The van der Waals surface area contributed by atoms with E-state index in [0.717, 1.165) is 24.3 Å². The van der Waals surface area contributed by atoms with Gasteiger partial charge >= 0.3 is 0 Å². The van der Waals surface area contributed by atoms with Gasteiger partial charge in [0.2, 0.25) is 11.8 Å². The fourth-order valence-corrected chi connectivity index (χ4v) is 3.53. The Kier molecular flexibility index (Phi) is 4.71. The summed E-state index contributed by atoms with van der Waals surface area (Å²) in [5, 5.41) is 0. The van der Waals surface area contributed by atoms with Crippen molar-refractivity contribution in [1.82, 2.24) is 9.88 Å². The van der Waals surface area contributed by atoms with Crippen LogP contribution in [0.2, 0.25) is 0 Å². The number of para-hydroxylation sites is 1. The van der Waals surface area contributed by atoms with Gasteiger partial charge in [-0.3, -0.25) is 4.79 Å². The minimum Gasteiger partial charge on any atom is -0.496 e. The Morgan fingerprint density at radius 2 is 2.15 bits per heavy atom. The highest BCUT2D eigenvalue weighted by molar-refractivity contribution is 5.79. The quantitative estimate of drug-likeness (QED) is 0.687. The van der Waals surface area contributed by atoms with E-state index in [1.165, 1.54) is 0 Å². The molecule has 2 aromatic heterocycles. The third-order valence-corrected chi connectivity index (χ3v) is 5.04. The minimum absolute atomic E-state index is 0.0621. The smallest absolute Gasteiger partial charge is 0.230 e. The van der Waals surface area contributed by atoms with Gasteiger partial charge in [0.15, 0.2) is 0 Å². The molecule has 4 rings (SSSR count). The monoisotopic (exact) mass is 366 g/mol. The van der Waals surface area contributed by atoms with Gasteiger partial charge in [-0.15, -0.1) is 0 Å². The van der Waals surface area contributed by atoms with Gasteiger partial charge in [0, 0.05) is 19.0 Å². The predicted octanol–water partition coefficient (Wildman–Crippen LogP) is 3.81. The molecule has 0 aliphatic carbocycles. The predicted molar refractivity (Wildman–Crippen MR) is 99.6 cm³/mol. The van der Waals surface area contributed by atoms with Crippen molar-refractivity contribution in [3.63, 3.8) is 0 Å². The van der Waals surface area contributed by atoms with Gasteiger partial charge in [0.1, 0.15) is 17.3 Å². The summed E-state index contributed by atoms with van der Waals surface area (Å²) in [6.45, 7) is 3.26. The molecule has 1 fully saturated rings. The molecule has 0 bridgehead atoms. The Bertz CT molecular complexity index is 930. The van der Waals surface area contributed by atoms with E-state index in [0.29, 0.717) is 29.6 Å². The molecule has 1 aliphatic rings. The Balaban J connectivity index is 1.47. The molecule has 3 heterocycles. The Hall–Kier alpha value is -3.02. The molecule has 1 amide bonds. The maximum atomic E-state index is 12.7. The van der Waals surface area contributed by atoms with Crippen molar-refractivity contribution in [3.05, 3.63) is 59.9 Å². The van der Waals surface area contributed by atoms with Gasteiger partial charge in [-0.1, -0.05) is 12.1 Å². The van der Waals surface area contributed by atoms with Crippen molar-refractivity contribution in [1.29, 1.82) is 0 Å². The Morgan fingerprint density at radius 3 is 2.93 bits per heavy atom. The fraction of sp³-hybridized carbons (Fsp3) is 0.333. The topological polar surface area (TPSA) is 68.7 Å². The third-order valence-electron chi connectivity index (χ3n) is 5.04. The molecule has 0 N–H and O–H groups in total. The number of hydrogen-bond acceptors (Lipinski definition) is 5. The molecule has 1 atom stereocenters. The minimum atomic E-state index is 0.0621. The van der Waals surface area contributed by atoms with Crippen molar-refractivity contribution in [2.45, 2.75) is 25.7 Å². The standard InChI is InChI=1S/C21H22N2O4/c1-14-17(22-21(27-14)16-6-3-4-7-19(16)25-2)12-20(24)23-10-9-15(13-23)18-8-5-11-26-18/h3-8,11,15H,9-10,12-13H2,1-2H3. The number of oxazole rings is 1. The summed E-state index contributed by atoms with van der Waals surface area (Å²) in [4.78, 5) is 19.2. The number of benzene rings is 1. The van der Waals surface area contributed by atoms with E-state index in [1.807, 2.05) is 48.2 Å². The lowest BCUT2D eigenvalue weighted by atomic mass is 10.1. The first kappa shape index (κ1) is 17.4. The molecule has 1 aromatic carbocycles. The number of likely N-dealkylation sites (tertiary alicyclic amines) is 1. The third kappa shape index (κ3) is 3.47. The largest absolute Gasteiger partial charge is 0.496 e. The summed E-state index contributed by atoms with van der Waals surface area (Å²) in [7, 11) is 1.61. The molecular weight excluding hydrogens is 344 g/mol. The number of carbonyl (C=O) groups is 1. The maximum Gasteiger partial charge on any atom is 0.230 e. The zero-order valence-corrected chi connectivity index (χ0v) is 15.5. The van der Waals surface area contributed by atoms with Crippen LogP contribution in [0.15, 0.2) is 51.5 Å². The number of nitrogens with zero attached hydrogens (tertiary/aromatic N) is 2. The fourth-order valence-electron chi connectivity index (χ4n) is 3.53. The van der Waals surface area contributed by atoms with Crippen LogP contribution < -0.4 is 4.74 Å².